The van der Waals surface area contributed by atoms with Crippen LogP contribution in [0.25, 0.3) is 0 Å². The fourth-order valence-electron chi connectivity index (χ4n) is 4.05. The monoisotopic (exact) mass is 365 g/mol. The maximum atomic E-state index is 6.16. The smallest absolute Gasteiger partial charge is 0.229 e. The Morgan fingerprint density at radius 3 is 1.32 bits per heavy atom. The van der Waals surface area contributed by atoms with Gasteiger partial charge in [0.2, 0.25) is 17.2 Å². The van der Waals surface area contributed by atoms with Gasteiger partial charge in [-0.15, -0.1) is 0 Å². The molecule has 6 heteroatoms. The maximum Gasteiger partial charge on any atom is 0.229 e. The quantitative estimate of drug-likeness (QED) is 0.729. The summed E-state index contributed by atoms with van der Waals surface area (Å²) in [5, 5.41) is 7.28. The SMILES string of the molecule is Clc1nc(NC2CCCCCCC2)nc(NC2CCCCCCC2)n1. The van der Waals surface area contributed by atoms with Crippen LogP contribution in [0.1, 0.15) is 89.9 Å². The van der Waals surface area contributed by atoms with E-state index in [-0.39, 0.29) is 5.28 Å². The van der Waals surface area contributed by atoms with Crippen molar-refractivity contribution in [3.05, 3.63) is 5.28 Å². The molecule has 140 valence electrons. The van der Waals surface area contributed by atoms with E-state index in [1.54, 1.807) is 0 Å². The zero-order valence-electron chi connectivity index (χ0n) is 15.3. The molecule has 25 heavy (non-hydrogen) atoms. The standard InChI is InChI=1S/C19H32ClN5/c20-17-23-18(21-15-11-7-3-1-4-8-12-15)25-19(24-17)22-16-13-9-5-2-6-10-14-16/h15-16H,1-14H2,(H2,21,22,23,24,25). The topological polar surface area (TPSA) is 62.7 Å². The van der Waals surface area contributed by atoms with Gasteiger partial charge in [-0.1, -0.05) is 64.2 Å². The van der Waals surface area contributed by atoms with Crippen molar-refractivity contribution in [1.29, 1.82) is 0 Å². The van der Waals surface area contributed by atoms with E-state index in [0.717, 1.165) is 0 Å². The summed E-state index contributed by atoms with van der Waals surface area (Å²) in [5.41, 5.74) is 0. The molecule has 2 aliphatic carbocycles. The maximum absolute atomic E-state index is 6.16. The van der Waals surface area contributed by atoms with Gasteiger partial charge in [0.1, 0.15) is 0 Å². The van der Waals surface area contributed by atoms with Crippen molar-refractivity contribution in [3.63, 3.8) is 0 Å². The Hall–Kier alpha value is -1.10. The number of aromatic nitrogens is 3. The summed E-state index contributed by atoms with van der Waals surface area (Å²) in [7, 11) is 0. The van der Waals surface area contributed by atoms with Crippen LogP contribution in [0.2, 0.25) is 5.28 Å². The molecular formula is C19H32ClN5. The number of halogens is 1. The third-order valence-corrected chi connectivity index (χ3v) is 5.65. The predicted molar refractivity (Wildman–Crippen MR) is 104 cm³/mol. The molecule has 5 nitrogen and oxygen atoms in total. The molecule has 2 N–H and O–H groups in total. The normalized spacial score (nSPS) is 21.6. The number of hydrogen-bond donors (Lipinski definition) is 2. The molecule has 0 unspecified atom stereocenters. The zero-order valence-corrected chi connectivity index (χ0v) is 16.0. The van der Waals surface area contributed by atoms with Crippen LogP contribution in [-0.2, 0) is 0 Å². The molecule has 0 saturated heterocycles. The van der Waals surface area contributed by atoms with Gasteiger partial charge < -0.3 is 10.6 Å². The van der Waals surface area contributed by atoms with Crippen molar-refractivity contribution in [1.82, 2.24) is 15.0 Å². The number of nitrogens with zero attached hydrogens (tertiary/aromatic N) is 3. The Kier molecular flexibility index (Phi) is 7.58. The van der Waals surface area contributed by atoms with Gasteiger partial charge in [0.15, 0.2) is 0 Å². The molecule has 0 amide bonds. The second kappa shape index (κ2) is 10.1. The molecule has 0 bridgehead atoms. The van der Waals surface area contributed by atoms with Crippen molar-refractivity contribution < 1.29 is 0 Å². The average Bonchev–Trinajstić information content (AvgIpc) is 2.52. The van der Waals surface area contributed by atoms with E-state index in [2.05, 4.69) is 25.6 Å². The van der Waals surface area contributed by atoms with Crippen LogP contribution in [0.15, 0.2) is 0 Å². The van der Waals surface area contributed by atoms with Crippen LogP contribution in [0, 0.1) is 0 Å². The first-order valence-electron chi connectivity index (χ1n) is 10.2. The Morgan fingerprint density at radius 2 is 0.920 bits per heavy atom. The van der Waals surface area contributed by atoms with Crippen molar-refractivity contribution in [2.24, 2.45) is 0 Å². The average molecular weight is 366 g/mol. The molecular weight excluding hydrogens is 334 g/mol. The third kappa shape index (κ3) is 6.61. The number of rotatable bonds is 4. The van der Waals surface area contributed by atoms with E-state index in [9.17, 15) is 0 Å². The minimum Gasteiger partial charge on any atom is -0.351 e. The lowest BCUT2D eigenvalue weighted by Crippen LogP contribution is -2.25. The molecule has 0 spiro atoms. The Balaban J connectivity index is 1.60. The second-order valence-corrected chi connectivity index (χ2v) is 7.96. The Labute approximate surface area is 156 Å². The van der Waals surface area contributed by atoms with Crippen LogP contribution in [0.4, 0.5) is 11.9 Å². The Bertz CT molecular complexity index is 466. The first kappa shape index (κ1) is 18.7. The summed E-state index contributed by atoms with van der Waals surface area (Å²) in [4.78, 5) is 13.2. The van der Waals surface area contributed by atoms with Crippen molar-refractivity contribution in [3.8, 4) is 0 Å². The summed E-state index contributed by atoms with van der Waals surface area (Å²) in [6.45, 7) is 0. The van der Waals surface area contributed by atoms with E-state index in [0.29, 0.717) is 24.0 Å². The third-order valence-electron chi connectivity index (χ3n) is 5.48. The van der Waals surface area contributed by atoms with E-state index >= 15 is 0 Å². The van der Waals surface area contributed by atoms with Crippen LogP contribution in [0.5, 0.6) is 0 Å². The molecule has 0 aliphatic heterocycles. The van der Waals surface area contributed by atoms with Crippen LogP contribution in [0.3, 0.4) is 0 Å². The highest BCUT2D eigenvalue weighted by molar-refractivity contribution is 6.28. The van der Waals surface area contributed by atoms with Crippen molar-refractivity contribution in [2.75, 3.05) is 10.6 Å². The van der Waals surface area contributed by atoms with Gasteiger partial charge in [0.05, 0.1) is 0 Å². The summed E-state index contributed by atoms with van der Waals surface area (Å²) >= 11 is 6.16. The van der Waals surface area contributed by atoms with E-state index < -0.39 is 0 Å². The van der Waals surface area contributed by atoms with Gasteiger partial charge in [0, 0.05) is 12.1 Å². The van der Waals surface area contributed by atoms with Crippen LogP contribution < -0.4 is 10.6 Å². The summed E-state index contributed by atoms with van der Waals surface area (Å²) in [6, 6.07) is 0.904. The molecule has 1 aromatic heterocycles. The molecule has 2 saturated carbocycles. The van der Waals surface area contributed by atoms with Gasteiger partial charge in [-0.2, -0.15) is 15.0 Å². The molecule has 1 aromatic rings. The molecule has 0 atom stereocenters. The van der Waals surface area contributed by atoms with Crippen LogP contribution >= 0.6 is 11.6 Å². The van der Waals surface area contributed by atoms with E-state index in [1.165, 1.54) is 89.9 Å². The zero-order chi connectivity index (χ0) is 17.3. The van der Waals surface area contributed by atoms with E-state index in [1.807, 2.05) is 0 Å². The van der Waals surface area contributed by atoms with Crippen LogP contribution in [-0.4, -0.2) is 27.0 Å². The molecule has 1 heterocycles. The fraction of sp³-hybridized carbons (Fsp3) is 0.842. The minimum absolute atomic E-state index is 0.275. The fourth-order valence-corrected chi connectivity index (χ4v) is 4.21. The van der Waals surface area contributed by atoms with Crippen molar-refractivity contribution >= 4 is 23.5 Å². The first-order chi connectivity index (χ1) is 12.3. The lowest BCUT2D eigenvalue weighted by Gasteiger charge is -2.23. The lowest BCUT2D eigenvalue weighted by molar-refractivity contribution is 0.467. The number of anilines is 2. The second-order valence-electron chi connectivity index (χ2n) is 7.62. The summed E-state index contributed by atoms with van der Waals surface area (Å²) < 4.78 is 0. The first-order valence-corrected chi connectivity index (χ1v) is 10.6. The van der Waals surface area contributed by atoms with Crippen molar-refractivity contribution in [2.45, 2.75) is 102 Å². The minimum atomic E-state index is 0.275. The largest absolute Gasteiger partial charge is 0.351 e. The molecule has 2 aliphatic rings. The highest BCUT2D eigenvalue weighted by Crippen LogP contribution is 2.22. The van der Waals surface area contributed by atoms with Gasteiger partial charge in [0.25, 0.3) is 0 Å². The predicted octanol–water partition coefficient (Wildman–Crippen LogP) is 5.57. The van der Waals surface area contributed by atoms with Gasteiger partial charge in [-0.25, -0.2) is 0 Å². The summed E-state index contributed by atoms with van der Waals surface area (Å²) in [6.07, 6.45) is 18.0. The Morgan fingerprint density at radius 1 is 0.560 bits per heavy atom. The lowest BCUT2D eigenvalue weighted by atomic mass is 9.97. The van der Waals surface area contributed by atoms with Gasteiger partial charge in [-0.3, -0.25) is 0 Å². The molecule has 0 radical (unpaired) electrons. The number of nitrogens with one attached hydrogen (secondary N) is 2. The van der Waals surface area contributed by atoms with E-state index in [4.69, 9.17) is 11.6 Å². The van der Waals surface area contributed by atoms with Gasteiger partial charge >= 0.3 is 0 Å². The molecule has 2 fully saturated rings. The summed E-state index contributed by atoms with van der Waals surface area (Å²) in [5.74, 6) is 1.25. The van der Waals surface area contributed by atoms with Gasteiger partial charge in [-0.05, 0) is 37.3 Å². The molecule has 0 aromatic carbocycles. The highest BCUT2D eigenvalue weighted by Gasteiger charge is 2.16. The number of hydrogen-bond acceptors (Lipinski definition) is 5. The highest BCUT2D eigenvalue weighted by atomic mass is 35.5. The molecule has 3 rings (SSSR count).